The summed E-state index contributed by atoms with van der Waals surface area (Å²) in [6.07, 6.45) is 2.17. The fourth-order valence-corrected chi connectivity index (χ4v) is 2.06. The smallest absolute Gasteiger partial charge is 0.252 e. The Morgan fingerprint density at radius 2 is 2.00 bits per heavy atom. The van der Waals surface area contributed by atoms with Gasteiger partial charge in [-0.3, -0.25) is 4.79 Å². The Labute approximate surface area is 122 Å². The Morgan fingerprint density at radius 1 is 1.24 bits per heavy atom. The standard InChI is InChI=1S/C15H17FN4O/c16-12-6-1-2-7-13(12)20(10-4-8-17)15-11(14(18)21)5-3-9-19-15/h1-3,5-7,9H,4,8,10,17H2,(H2,18,21). The zero-order chi connectivity index (χ0) is 15.2. The van der Waals surface area contributed by atoms with Crippen molar-refractivity contribution in [1.82, 2.24) is 4.98 Å². The Morgan fingerprint density at radius 3 is 2.67 bits per heavy atom. The zero-order valence-electron chi connectivity index (χ0n) is 11.5. The summed E-state index contributed by atoms with van der Waals surface area (Å²) in [7, 11) is 0. The third-order valence-electron chi connectivity index (χ3n) is 3.04. The Hall–Kier alpha value is -2.47. The van der Waals surface area contributed by atoms with E-state index in [2.05, 4.69) is 4.98 Å². The lowest BCUT2D eigenvalue weighted by Gasteiger charge is -2.25. The molecule has 1 amide bonds. The van der Waals surface area contributed by atoms with Gasteiger partial charge in [-0.1, -0.05) is 12.1 Å². The number of para-hydroxylation sites is 1. The SMILES string of the molecule is NCCCN(c1ccccc1F)c1ncccc1C(N)=O. The molecule has 0 spiro atoms. The molecule has 0 radical (unpaired) electrons. The average molecular weight is 288 g/mol. The van der Waals surface area contributed by atoms with Crippen molar-refractivity contribution in [2.75, 3.05) is 18.0 Å². The molecule has 0 aliphatic heterocycles. The van der Waals surface area contributed by atoms with E-state index in [1.807, 2.05) is 0 Å². The lowest BCUT2D eigenvalue weighted by molar-refractivity contribution is 0.100. The van der Waals surface area contributed by atoms with E-state index >= 15 is 0 Å². The van der Waals surface area contributed by atoms with Gasteiger partial charge in [0.05, 0.1) is 11.3 Å². The van der Waals surface area contributed by atoms with Crippen LogP contribution in [0.1, 0.15) is 16.8 Å². The molecule has 6 heteroatoms. The normalized spacial score (nSPS) is 10.4. The zero-order valence-corrected chi connectivity index (χ0v) is 11.5. The highest BCUT2D eigenvalue weighted by molar-refractivity contribution is 5.98. The van der Waals surface area contributed by atoms with Crippen LogP contribution in [-0.2, 0) is 0 Å². The monoisotopic (exact) mass is 288 g/mol. The number of amides is 1. The van der Waals surface area contributed by atoms with E-state index in [4.69, 9.17) is 11.5 Å². The van der Waals surface area contributed by atoms with Crippen molar-refractivity contribution in [1.29, 1.82) is 0 Å². The number of primary amides is 1. The van der Waals surface area contributed by atoms with Crippen molar-refractivity contribution in [3.8, 4) is 0 Å². The Kier molecular flexibility index (Phi) is 4.84. The van der Waals surface area contributed by atoms with Crippen LogP contribution in [0, 0.1) is 5.82 Å². The van der Waals surface area contributed by atoms with Crippen LogP contribution in [0.15, 0.2) is 42.6 Å². The molecule has 0 fully saturated rings. The van der Waals surface area contributed by atoms with Crippen molar-refractivity contribution in [2.45, 2.75) is 6.42 Å². The first-order chi connectivity index (χ1) is 10.1. The van der Waals surface area contributed by atoms with Gasteiger partial charge in [0.25, 0.3) is 5.91 Å². The highest BCUT2D eigenvalue weighted by Crippen LogP contribution is 2.28. The molecule has 4 N–H and O–H groups in total. The lowest BCUT2D eigenvalue weighted by atomic mass is 10.2. The van der Waals surface area contributed by atoms with Gasteiger partial charge >= 0.3 is 0 Å². The number of halogens is 1. The van der Waals surface area contributed by atoms with Gasteiger partial charge in [0, 0.05) is 12.7 Å². The molecular formula is C15H17FN4O. The number of nitrogens with zero attached hydrogens (tertiary/aromatic N) is 2. The third-order valence-corrected chi connectivity index (χ3v) is 3.04. The molecule has 1 aromatic carbocycles. The van der Waals surface area contributed by atoms with Gasteiger partial charge < -0.3 is 16.4 Å². The summed E-state index contributed by atoms with van der Waals surface area (Å²) >= 11 is 0. The number of hydrogen-bond acceptors (Lipinski definition) is 4. The van der Waals surface area contributed by atoms with Crippen LogP contribution >= 0.6 is 0 Å². The first kappa shape index (κ1) is 14.9. The van der Waals surface area contributed by atoms with Crippen molar-refractivity contribution in [3.05, 3.63) is 54.0 Å². The molecule has 1 heterocycles. The second-order valence-electron chi connectivity index (χ2n) is 4.48. The van der Waals surface area contributed by atoms with Crippen molar-refractivity contribution < 1.29 is 9.18 Å². The van der Waals surface area contributed by atoms with Gasteiger partial charge in [0.2, 0.25) is 0 Å². The fraction of sp³-hybridized carbons (Fsp3) is 0.200. The second-order valence-corrected chi connectivity index (χ2v) is 4.48. The number of anilines is 2. The van der Waals surface area contributed by atoms with Crippen LogP contribution in [-0.4, -0.2) is 24.0 Å². The van der Waals surface area contributed by atoms with Crippen LogP contribution in [0.25, 0.3) is 0 Å². The number of nitrogens with two attached hydrogens (primary N) is 2. The maximum atomic E-state index is 14.1. The molecule has 2 aromatic rings. The molecule has 110 valence electrons. The van der Waals surface area contributed by atoms with Crippen molar-refractivity contribution in [2.24, 2.45) is 11.5 Å². The number of benzene rings is 1. The lowest BCUT2D eigenvalue weighted by Crippen LogP contribution is -2.26. The van der Waals surface area contributed by atoms with Crippen LogP contribution < -0.4 is 16.4 Å². The van der Waals surface area contributed by atoms with E-state index in [0.717, 1.165) is 0 Å². The van der Waals surface area contributed by atoms with E-state index in [1.165, 1.54) is 12.3 Å². The van der Waals surface area contributed by atoms with E-state index in [1.54, 1.807) is 35.2 Å². The van der Waals surface area contributed by atoms with Gasteiger partial charge in [-0.2, -0.15) is 0 Å². The molecule has 0 saturated carbocycles. The number of pyridine rings is 1. The highest BCUT2D eigenvalue weighted by atomic mass is 19.1. The highest BCUT2D eigenvalue weighted by Gasteiger charge is 2.19. The molecule has 0 saturated heterocycles. The van der Waals surface area contributed by atoms with Gasteiger partial charge in [-0.15, -0.1) is 0 Å². The predicted octanol–water partition coefficient (Wildman–Crippen LogP) is 1.81. The average Bonchev–Trinajstić information content (AvgIpc) is 2.49. The van der Waals surface area contributed by atoms with Crippen LogP contribution in [0.3, 0.4) is 0 Å². The Bertz CT molecular complexity index is 633. The minimum Gasteiger partial charge on any atom is -0.365 e. The molecule has 21 heavy (non-hydrogen) atoms. The molecule has 0 bridgehead atoms. The van der Waals surface area contributed by atoms with Crippen LogP contribution in [0.2, 0.25) is 0 Å². The summed E-state index contributed by atoms with van der Waals surface area (Å²) in [6.45, 7) is 0.887. The molecule has 1 aromatic heterocycles. The van der Waals surface area contributed by atoms with Gasteiger partial charge in [-0.25, -0.2) is 9.37 Å². The van der Waals surface area contributed by atoms with Crippen LogP contribution in [0.5, 0.6) is 0 Å². The minimum atomic E-state index is -0.604. The van der Waals surface area contributed by atoms with Gasteiger partial charge in [0.15, 0.2) is 0 Å². The van der Waals surface area contributed by atoms with E-state index < -0.39 is 11.7 Å². The van der Waals surface area contributed by atoms with Gasteiger partial charge in [-0.05, 0) is 37.2 Å². The molecule has 0 unspecified atom stereocenters. The number of carbonyl (C=O) groups is 1. The van der Waals surface area contributed by atoms with Crippen LogP contribution in [0.4, 0.5) is 15.9 Å². The van der Waals surface area contributed by atoms with E-state index in [0.29, 0.717) is 31.0 Å². The Balaban J connectivity index is 2.51. The summed E-state index contributed by atoms with van der Waals surface area (Å²) in [6, 6.07) is 9.50. The number of aromatic nitrogens is 1. The van der Waals surface area contributed by atoms with Crippen molar-refractivity contribution in [3.63, 3.8) is 0 Å². The fourth-order valence-electron chi connectivity index (χ4n) is 2.06. The molecule has 0 aliphatic rings. The number of rotatable bonds is 6. The van der Waals surface area contributed by atoms with Crippen molar-refractivity contribution >= 4 is 17.4 Å². The maximum absolute atomic E-state index is 14.1. The molecule has 5 nitrogen and oxygen atoms in total. The topological polar surface area (TPSA) is 85.2 Å². The molecule has 0 aliphatic carbocycles. The summed E-state index contributed by atoms with van der Waals surface area (Å²) in [5.74, 6) is -0.661. The molecule has 0 atom stereocenters. The predicted molar refractivity (Wildman–Crippen MR) is 79.8 cm³/mol. The largest absolute Gasteiger partial charge is 0.365 e. The summed E-state index contributed by atoms with van der Waals surface area (Å²) in [5.41, 5.74) is 11.5. The first-order valence-corrected chi connectivity index (χ1v) is 6.62. The number of carbonyl (C=O) groups excluding carboxylic acids is 1. The third kappa shape index (κ3) is 3.35. The molecular weight excluding hydrogens is 271 g/mol. The minimum absolute atomic E-state index is 0.248. The number of hydrogen-bond donors (Lipinski definition) is 2. The second kappa shape index (κ2) is 6.81. The molecule has 2 rings (SSSR count). The summed E-state index contributed by atoms with van der Waals surface area (Å²) in [5, 5.41) is 0. The summed E-state index contributed by atoms with van der Waals surface area (Å²) in [4.78, 5) is 17.4. The summed E-state index contributed by atoms with van der Waals surface area (Å²) < 4.78 is 14.1. The quantitative estimate of drug-likeness (QED) is 0.849. The van der Waals surface area contributed by atoms with E-state index in [9.17, 15) is 9.18 Å². The maximum Gasteiger partial charge on any atom is 0.252 e. The van der Waals surface area contributed by atoms with E-state index in [-0.39, 0.29) is 5.56 Å². The van der Waals surface area contributed by atoms with Gasteiger partial charge in [0.1, 0.15) is 11.6 Å². The first-order valence-electron chi connectivity index (χ1n) is 6.62.